The van der Waals surface area contributed by atoms with Crippen molar-refractivity contribution >= 4 is 17.5 Å². The number of phenolic OH excluding ortho intramolecular Hbond substituents is 1. The van der Waals surface area contributed by atoms with Crippen molar-refractivity contribution in [2.45, 2.75) is 32.9 Å². The van der Waals surface area contributed by atoms with E-state index in [0.29, 0.717) is 12.2 Å². The van der Waals surface area contributed by atoms with E-state index in [1.807, 2.05) is 45.0 Å². The smallest absolute Gasteiger partial charge is 0.412 e. The molecule has 1 amide bonds. The SMILES string of the molecule is CC(C)(C)OC(=O)Nc1cccc(NCc2cccc(O)c2)c1. The Morgan fingerprint density at radius 2 is 1.78 bits per heavy atom. The van der Waals surface area contributed by atoms with Crippen molar-refractivity contribution in [3.63, 3.8) is 0 Å². The minimum atomic E-state index is -0.532. The highest BCUT2D eigenvalue weighted by Crippen LogP contribution is 2.18. The molecule has 0 aliphatic heterocycles. The largest absolute Gasteiger partial charge is 0.508 e. The van der Waals surface area contributed by atoms with Crippen LogP contribution in [0.15, 0.2) is 48.5 Å². The van der Waals surface area contributed by atoms with Gasteiger partial charge in [0.25, 0.3) is 0 Å². The highest BCUT2D eigenvalue weighted by Gasteiger charge is 2.16. The molecule has 0 aliphatic carbocycles. The fraction of sp³-hybridized carbons (Fsp3) is 0.278. The molecule has 2 aromatic rings. The molecule has 0 fully saturated rings. The summed E-state index contributed by atoms with van der Waals surface area (Å²) in [6.07, 6.45) is -0.484. The normalized spacial score (nSPS) is 10.9. The van der Waals surface area contributed by atoms with Gasteiger partial charge in [0, 0.05) is 17.9 Å². The number of phenols is 1. The second-order valence-electron chi connectivity index (χ2n) is 6.23. The molecule has 5 nitrogen and oxygen atoms in total. The molecule has 0 atom stereocenters. The number of rotatable bonds is 4. The van der Waals surface area contributed by atoms with Crippen molar-refractivity contribution < 1.29 is 14.6 Å². The number of aromatic hydroxyl groups is 1. The Kier molecular flexibility index (Phi) is 5.11. The average molecular weight is 314 g/mol. The summed E-state index contributed by atoms with van der Waals surface area (Å²) in [5.41, 5.74) is 1.95. The van der Waals surface area contributed by atoms with E-state index in [1.165, 1.54) is 0 Å². The molecule has 23 heavy (non-hydrogen) atoms. The maximum atomic E-state index is 11.8. The van der Waals surface area contributed by atoms with E-state index in [-0.39, 0.29) is 5.75 Å². The van der Waals surface area contributed by atoms with Gasteiger partial charge in [-0.15, -0.1) is 0 Å². The van der Waals surface area contributed by atoms with Crippen LogP contribution in [0, 0.1) is 0 Å². The number of nitrogens with one attached hydrogen (secondary N) is 2. The van der Waals surface area contributed by atoms with E-state index in [4.69, 9.17) is 4.74 Å². The van der Waals surface area contributed by atoms with Gasteiger partial charge < -0.3 is 15.2 Å². The monoisotopic (exact) mass is 314 g/mol. The third-order valence-corrected chi connectivity index (χ3v) is 2.92. The second kappa shape index (κ2) is 7.05. The molecule has 0 bridgehead atoms. The molecular formula is C18H22N2O3. The summed E-state index contributed by atoms with van der Waals surface area (Å²) in [5.74, 6) is 0.240. The standard InChI is InChI=1S/C18H22N2O3/c1-18(2,3)23-17(22)20-15-8-5-7-14(11-15)19-12-13-6-4-9-16(21)10-13/h4-11,19,21H,12H2,1-3H3,(H,20,22). The predicted molar refractivity (Wildman–Crippen MR) is 91.7 cm³/mol. The molecule has 2 rings (SSSR count). The zero-order valence-electron chi connectivity index (χ0n) is 13.6. The molecule has 3 N–H and O–H groups in total. The summed E-state index contributed by atoms with van der Waals surface area (Å²) in [7, 11) is 0. The predicted octanol–water partition coefficient (Wildman–Crippen LogP) is 4.35. The van der Waals surface area contributed by atoms with Gasteiger partial charge in [0.05, 0.1) is 0 Å². The zero-order valence-corrected chi connectivity index (χ0v) is 13.6. The molecule has 0 spiro atoms. The Bertz CT molecular complexity index is 678. The molecule has 0 heterocycles. The number of benzene rings is 2. The van der Waals surface area contributed by atoms with Gasteiger partial charge in [0.1, 0.15) is 11.4 Å². The molecular weight excluding hydrogens is 292 g/mol. The highest BCUT2D eigenvalue weighted by molar-refractivity contribution is 5.85. The van der Waals surface area contributed by atoms with Crippen molar-refractivity contribution in [3.8, 4) is 5.75 Å². The van der Waals surface area contributed by atoms with Crippen LogP contribution in [0.5, 0.6) is 5.75 Å². The Balaban J connectivity index is 1.95. The summed E-state index contributed by atoms with van der Waals surface area (Å²) in [5, 5.41) is 15.4. The molecule has 0 aliphatic rings. The number of hydrogen-bond donors (Lipinski definition) is 3. The number of carbonyl (C=O) groups excluding carboxylic acids is 1. The summed E-state index contributed by atoms with van der Waals surface area (Å²) in [6, 6.07) is 14.4. The lowest BCUT2D eigenvalue weighted by Crippen LogP contribution is -2.27. The minimum Gasteiger partial charge on any atom is -0.508 e. The third-order valence-electron chi connectivity index (χ3n) is 2.92. The average Bonchev–Trinajstić information content (AvgIpc) is 2.43. The summed E-state index contributed by atoms with van der Waals surface area (Å²) in [4.78, 5) is 11.8. The van der Waals surface area contributed by atoms with Crippen molar-refractivity contribution in [1.82, 2.24) is 0 Å². The maximum Gasteiger partial charge on any atom is 0.412 e. The van der Waals surface area contributed by atoms with Gasteiger partial charge in [0.2, 0.25) is 0 Å². The summed E-state index contributed by atoms with van der Waals surface area (Å²) in [6.45, 7) is 6.03. The minimum absolute atomic E-state index is 0.240. The first-order valence-electron chi connectivity index (χ1n) is 7.44. The fourth-order valence-electron chi connectivity index (χ4n) is 2.00. The number of ether oxygens (including phenoxy) is 1. The van der Waals surface area contributed by atoms with Crippen LogP contribution in [0.25, 0.3) is 0 Å². The van der Waals surface area contributed by atoms with Crippen LogP contribution in [-0.4, -0.2) is 16.8 Å². The highest BCUT2D eigenvalue weighted by atomic mass is 16.6. The van der Waals surface area contributed by atoms with Crippen LogP contribution >= 0.6 is 0 Å². The lowest BCUT2D eigenvalue weighted by Gasteiger charge is -2.19. The van der Waals surface area contributed by atoms with Crippen molar-refractivity contribution in [2.75, 3.05) is 10.6 Å². The molecule has 5 heteroatoms. The Hall–Kier alpha value is -2.69. The van der Waals surface area contributed by atoms with E-state index >= 15 is 0 Å². The van der Waals surface area contributed by atoms with Crippen LogP contribution in [0.1, 0.15) is 26.3 Å². The van der Waals surface area contributed by atoms with Gasteiger partial charge in [-0.1, -0.05) is 18.2 Å². The Morgan fingerprint density at radius 1 is 1.09 bits per heavy atom. The summed E-state index contributed by atoms with van der Waals surface area (Å²) >= 11 is 0. The van der Waals surface area contributed by atoms with E-state index in [0.717, 1.165) is 11.3 Å². The third kappa shape index (κ3) is 5.90. The van der Waals surface area contributed by atoms with E-state index < -0.39 is 11.7 Å². The number of anilines is 2. The molecule has 0 saturated carbocycles. The van der Waals surface area contributed by atoms with Gasteiger partial charge in [-0.3, -0.25) is 5.32 Å². The number of carbonyl (C=O) groups is 1. The first kappa shape index (κ1) is 16.7. The lowest BCUT2D eigenvalue weighted by atomic mass is 10.2. The van der Waals surface area contributed by atoms with Gasteiger partial charge in [0.15, 0.2) is 0 Å². The van der Waals surface area contributed by atoms with Gasteiger partial charge in [-0.25, -0.2) is 4.79 Å². The molecule has 2 aromatic carbocycles. The van der Waals surface area contributed by atoms with E-state index in [2.05, 4.69) is 10.6 Å². The van der Waals surface area contributed by atoms with Crippen molar-refractivity contribution in [2.24, 2.45) is 0 Å². The quantitative estimate of drug-likeness (QED) is 0.784. The Labute approximate surface area is 136 Å². The van der Waals surface area contributed by atoms with Gasteiger partial charge in [-0.2, -0.15) is 0 Å². The topological polar surface area (TPSA) is 70.6 Å². The lowest BCUT2D eigenvalue weighted by molar-refractivity contribution is 0.0636. The molecule has 0 aromatic heterocycles. The van der Waals surface area contributed by atoms with Crippen LogP contribution in [0.3, 0.4) is 0 Å². The van der Waals surface area contributed by atoms with Crippen LogP contribution in [0.2, 0.25) is 0 Å². The molecule has 122 valence electrons. The van der Waals surface area contributed by atoms with Gasteiger partial charge in [-0.05, 0) is 56.7 Å². The van der Waals surface area contributed by atoms with E-state index in [1.54, 1.807) is 24.3 Å². The fourth-order valence-corrected chi connectivity index (χ4v) is 2.00. The second-order valence-corrected chi connectivity index (χ2v) is 6.23. The first-order valence-corrected chi connectivity index (χ1v) is 7.44. The van der Waals surface area contributed by atoms with Crippen molar-refractivity contribution in [3.05, 3.63) is 54.1 Å². The number of amides is 1. The summed E-state index contributed by atoms with van der Waals surface area (Å²) < 4.78 is 5.23. The first-order chi connectivity index (χ1) is 10.8. The maximum absolute atomic E-state index is 11.8. The van der Waals surface area contributed by atoms with Gasteiger partial charge >= 0.3 is 6.09 Å². The van der Waals surface area contributed by atoms with Crippen LogP contribution in [0.4, 0.5) is 16.2 Å². The van der Waals surface area contributed by atoms with Crippen molar-refractivity contribution in [1.29, 1.82) is 0 Å². The molecule has 0 unspecified atom stereocenters. The van der Waals surface area contributed by atoms with Crippen LogP contribution < -0.4 is 10.6 Å². The van der Waals surface area contributed by atoms with Crippen LogP contribution in [-0.2, 0) is 11.3 Å². The van der Waals surface area contributed by atoms with E-state index in [9.17, 15) is 9.90 Å². The number of hydrogen-bond acceptors (Lipinski definition) is 4. The molecule has 0 saturated heterocycles. The Morgan fingerprint density at radius 3 is 2.48 bits per heavy atom. The molecule has 0 radical (unpaired) electrons. The zero-order chi connectivity index (χ0) is 16.9.